The van der Waals surface area contributed by atoms with Crippen LogP contribution in [0.3, 0.4) is 0 Å². The van der Waals surface area contributed by atoms with E-state index in [0.717, 1.165) is 33.2 Å². The summed E-state index contributed by atoms with van der Waals surface area (Å²) in [5, 5.41) is 0.499. The van der Waals surface area contributed by atoms with Gasteiger partial charge in [0.15, 0.2) is 4.80 Å². The van der Waals surface area contributed by atoms with Crippen molar-refractivity contribution in [1.29, 1.82) is 0 Å². The zero-order valence-electron chi connectivity index (χ0n) is 17.8. The van der Waals surface area contributed by atoms with Crippen molar-refractivity contribution in [2.45, 2.75) is 0 Å². The number of aromatic nitrogens is 1. The molecule has 5 nitrogen and oxygen atoms in total. The maximum Gasteiger partial charge on any atom is 0.279 e. The summed E-state index contributed by atoms with van der Waals surface area (Å²) in [7, 11) is 5.19. The number of thiazole rings is 1. The maximum atomic E-state index is 12.8. The molecule has 0 aliphatic rings. The molecule has 0 fully saturated rings. The fourth-order valence-electron chi connectivity index (χ4n) is 3.34. The Bertz CT molecular complexity index is 1320. The van der Waals surface area contributed by atoms with Gasteiger partial charge in [0.05, 0.1) is 24.8 Å². The Morgan fingerprint density at radius 2 is 1.50 bits per heavy atom. The number of methoxy groups -OCH3 is 2. The van der Waals surface area contributed by atoms with Crippen molar-refractivity contribution in [2.75, 3.05) is 14.2 Å². The first kappa shape index (κ1) is 21.9. The predicted octanol–water partition coefficient (Wildman–Crippen LogP) is 5.83. The third-order valence-corrected chi connectivity index (χ3v) is 6.43. The summed E-state index contributed by atoms with van der Waals surface area (Å²) in [6.45, 7) is 0. The fraction of sp³-hybridized carbons (Fsp3) is 0.120. The van der Waals surface area contributed by atoms with E-state index in [1.54, 1.807) is 38.5 Å². The lowest BCUT2D eigenvalue weighted by Crippen LogP contribution is -2.14. The molecule has 1 heterocycles. The van der Waals surface area contributed by atoms with E-state index in [9.17, 15) is 4.79 Å². The van der Waals surface area contributed by atoms with Gasteiger partial charge in [0.25, 0.3) is 5.91 Å². The Kier molecular flexibility index (Phi) is 6.44. The highest BCUT2D eigenvalue weighted by Crippen LogP contribution is 2.35. The number of benzene rings is 3. The van der Waals surface area contributed by atoms with Gasteiger partial charge in [-0.05, 0) is 77.9 Å². The SMILES string of the molecule is COc1ccc(-c2sc(=NC(=O)c3cccc(Cl)c3)n(C)c2-c2ccc(OC)cc2)cc1. The van der Waals surface area contributed by atoms with E-state index in [1.807, 2.05) is 60.1 Å². The second-order valence-electron chi connectivity index (χ2n) is 7.01. The second-order valence-corrected chi connectivity index (χ2v) is 8.42. The van der Waals surface area contributed by atoms with Crippen LogP contribution in [-0.4, -0.2) is 24.7 Å². The van der Waals surface area contributed by atoms with Gasteiger partial charge >= 0.3 is 0 Å². The van der Waals surface area contributed by atoms with Crippen molar-refractivity contribution >= 4 is 28.8 Å². The Hall–Kier alpha value is -3.35. The number of ether oxygens (including phenoxy) is 2. The zero-order chi connectivity index (χ0) is 22.7. The molecular weight excluding hydrogens is 444 g/mol. The molecule has 0 N–H and O–H groups in total. The Labute approximate surface area is 195 Å². The average molecular weight is 465 g/mol. The summed E-state index contributed by atoms with van der Waals surface area (Å²) >= 11 is 7.50. The van der Waals surface area contributed by atoms with Crippen molar-refractivity contribution in [2.24, 2.45) is 12.0 Å². The molecule has 0 radical (unpaired) electrons. The van der Waals surface area contributed by atoms with Crippen molar-refractivity contribution in [3.8, 4) is 33.2 Å². The van der Waals surface area contributed by atoms with Gasteiger partial charge in [-0.3, -0.25) is 4.79 Å². The molecule has 4 aromatic rings. The lowest BCUT2D eigenvalue weighted by Gasteiger charge is -2.09. The molecule has 0 spiro atoms. The number of hydrogen-bond acceptors (Lipinski definition) is 4. The molecule has 32 heavy (non-hydrogen) atoms. The lowest BCUT2D eigenvalue weighted by molar-refractivity contribution is 0.0998. The normalized spacial score (nSPS) is 11.4. The molecule has 0 bridgehead atoms. The molecule has 3 aromatic carbocycles. The highest BCUT2D eigenvalue weighted by Gasteiger charge is 2.17. The first-order valence-corrected chi connectivity index (χ1v) is 11.0. The summed E-state index contributed by atoms with van der Waals surface area (Å²) in [5.74, 6) is 1.22. The van der Waals surface area contributed by atoms with Crippen molar-refractivity contribution in [3.05, 3.63) is 88.2 Å². The number of nitrogens with zero attached hydrogens (tertiary/aromatic N) is 2. The Morgan fingerprint density at radius 1 is 0.906 bits per heavy atom. The molecule has 0 aliphatic heterocycles. The van der Waals surface area contributed by atoms with Crippen LogP contribution in [0, 0.1) is 0 Å². The van der Waals surface area contributed by atoms with Gasteiger partial charge in [-0.1, -0.05) is 29.0 Å². The molecule has 1 amide bonds. The number of carbonyl (C=O) groups is 1. The monoisotopic (exact) mass is 464 g/mol. The van der Waals surface area contributed by atoms with Gasteiger partial charge in [0.2, 0.25) is 0 Å². The van der Waals surface area contributed by atoms with E-state index in [2.05, 4.69) is 4.99 Å². The molecule has 1 aromatic heterocycles. The van der Waals surface area contributed by atoms with Gasteiger partial charge in [-0.15, -0.1) is 0 Å². The van der Waals surface area contributed by atoms with E-state index in [1.165, 1.54) is 11.3 Å². The minimum absolute atomic E-state index is 0.341. The molecule has 0 unspecified atom stereocenters. The summed E-state index contributed by atoms with van der Waals surface area (Å²) < 4.78 is 12.5. The van der Waals surface area contributed by atoms with Gasteiger partial charge in [0, 0.05) is 17.6 Å². The smallest absolute Gasteiger partial charge is 0.279 e. The summed E-state index contributed by atoms with van der Waals surface area (Å²) in [4.78, 5) is 18.8. The summed E-state index contributed by atoms with van der Waals surface area (Å²) in [6, 6.07) is 22.5. The number of halogens is 1. The van der Waals surface area contributed by atoms with Crippen LogP contribution in [0.25, 0.3) is 21.7 Å². The minimum Gasteiger partial charge on any atom is -0.497 e. The molecule has 0 aliphatic carbocycles. The van der Waals surface area contributed by atoms with E-state index < -0.39 is 0 Å². The molecule has 7 heteroatoms. The van der Waals surface area contributed by atoms with Crippen LogP contribution in [0.2, 0.25) is 5.02 Å². The fourth-order valence-corrected chi connectivity index (χ4v) is 4.67. The van der Waals surface area contributed by atoms with Crippen LogP contribution in [0.4, 0.5) is 0 Å². The topological polar surface area (TPSA) is 52.8 Å². The number of rotatable bonds is 5. The summed E-state index contributed by atoms with van der Waals surface area (Å²) in [6.07, 6.45) is 0. The Balaban J connectivity index is 1.88. The minimum atomic E-state index is -0.341. The molecule has 0 saturated carbocycles. The van der Waals surface area contributed by atoms with Crippen molar-refractivity contribution in [3.63, 3.8) is 0 Å². The van der Waals surface area contributed by atoms with Gasteiger partial charge in [-0.2, -0.15) is 4.99 Å². The van der Waals surface area contributed by atoms with Crippen LogP contribution in [0.1, 0.15) is 10.4 Å². The molecular formula is C25H21ClN2O3S. The van der Waals surface area contributed by atoms with Crippen LogP contribution in [0.5, 0.6) is 11.5 Å². The van der Waals surface area contributed by atoms with Crippen LogP contribution in [-0.2, 0) is 7.05 Å². The molecule has 0 atom stereocenters. The number of hydrogen-bond donors (Lipinski definition) is 0. The predicted molar refractivity (Wildman–Crippen MR) is 129 cm³/mol. The van der Waals surface area contributed by atoms with Gasteiger partial charge < -0.3 is 14.0 Å². The van der Waals surface area contributed by atoms with Crippen molar-refractivity contribution < 1.29 is 14.3 Å². The quantitative estimate of drug-likeness (QED) is 0.373. The lowest BCUT2D eigenvalue weighted by atomic mass is 10.1. The molecule has 4 rings (SSSR count). The highest BCUT2D eigenvalue weighted by molar-refractivity contribution is 7.13. The number of carbonyl (C=O) groups excluding carboxylic acids is 1. The van der Waals surface area contributed by atoms with E-state index >= 15 is 0 Å². The largest absolute Gasteiger partial charge is 0.497 e. The zero-order valence-corrected chi connectivity index (χ0v) is 19.4. The standard InChI is InChI=1S/C25H21ClN2O3S/c1-28-22(16-7-11-20(30-2)12-8-16)23(17-9-13-21(31-3)14-10-17)32-25(28)27-24(29)18-5-4-6-19(26)15-18/h4-15H,1-3H3. The number of amides is 1. The summed E-state index contributed by atoms with van der Waals surface area (Å²) in [5.41, 5.74) is 3.41. The van der Waals surface area contributed by atoms with Gasteiger partial charge in [-0.25, -0.2) is 0 Å². The third-order valence-electron chi connectivity index (χ3n) is 5.02. The van der Waals surface area contributed by atoms with Crippen LogP contribution in [0.15, 0.2) is 77.8 Å². The second kappa shape index (κ2) is 9.42. The first-order valence-electron chi connectivity index (χ1n) is 9.83. The average Bonchev–Trinajstić information content (AvgIpc) is 3.15. The third kappa shape index (κ3) is 4.47. The van der Waals surface area contributed by atoms with E-state index in [-0.39, 0.29) is 5.91 Å². The maximum absolute atomic E-state index is 12.8. The van der Waals surface area contributed by atoms with E-state index in [0.29, 0.717) is 15.4 Å². The molecule has 162 valence electrons. The first-order chi connectivity index (χ1) is 15.5. The Morgan fingerprint density at radius 3 is 2.06 bits per heavy atom. The van der Waals surface area contributed by atoms with Gasteiger partial charge in [0.1, 0.15) is 11.5 Å². The van der Waals surface area contributed by atoms with E-state index in [4.69, 9.17) is 21.1 Å². The highest BCUT2D eigenvalue weighted by atomic mass is 35.5. The van der Waals surface area contributed by atoms with Crippen molar-refractivity contribution in [1.82, 2.24) is 4.57 Å². The molecule has 0 saturated heterocycles. The van der Waals surface area contributed by atoms with Crippen LogP contribution < -0.4 is 14.3 Å². The van der Waals surface area contributed by atoms with Crippen LogP contribution >= 0.6 is 22.9 Å².